The third-order valence-corrected chi connectivity index (χ3v) is 3.11. The molecule has 0 saturated heterocycles. The number of para-hydroxylation sites is 1. The van der Waals surface area contributed by atoms with Gasteiger partial charge in [-0.2, -0.15) is 0 Å². The molecule has 0 bridgehead atoms. The summed E-state index contributed by atoms with van der Waals surface area (Å²) >= 11 is 5.92. The Balaban J connectivity index is 2.24. The van der Waals surface area contributed by atoms with Gasteiger partial charge in [0.15, 0.2) is 0 Å². The molecule has 2 aromatic carbocycles. The highest BCUT2D eigenvalue weighted by molar-refractivity contribution is 6.32. The zero-order chi connectivity index (χ0) is 11.8. The van der Waals surface area contributed by atoms with Gasteiger partial charge in [-0.05, 0) is 35.7 Å². The lowest BCUT2D eigenvalue weighted by Crippen LogP contribution is -1.91. The van der Waals surface area contributed by atoms with Crippen LogP contribution in [0.3, 0.4) is 0 Å². The van der Waals surface area contributed by atoms with Crippen molar-refractivity contribution < 1.29 is 5.11 Å². The van der Waals surface area contributed by atoms with Gasteiger partial charge in [-0.25, -0.2) is 0 Å². The minimum atomic E-state index is 0.104. The van der Waals surface area contributed by atoms with Crippen LogP contribution in [-0.2, 0) is 0 Å². The molecule has 0 aliphatic rings. The molecule has 0 saturated carbocycles. The second kappa shape index (κ2) is 3.82. The smallest absolute Gasteiger partial charge is 0.134 e. The maximum absolute atomic E-state index is 9.41. The lowest BCUT2D eigenvalue weighted by Gasteiger charge is -2.06. The molecular formula is C14H10ClNO. The molecule has 0 aliphatic carbocycles. The Labute approximate surface area is 104 Å². The lowest BCUT2D eigenvalue weighted by atomic mass is 10.2. The van der Waals surface area contributed by atoms with Gasteiger partial charge < -0.3 is 9.67 Å². The van der Waals surface area contributed by atoms with E-state index in [-0.39, 0.29) is 5.75 Å². The van der Waals surface area contributed by atoms with Crippen LogP contribution in [0.4, 0.5) is 0 Å². The number of halogens is 1. The number of nitrogens with zero attached hydrogens (tertiary/aromatic N) is 1. The van der Waals surface area contributed by atoms with Gasteiger partial charge in [0.25, 0.3) is 0 Å². The number of aromatic hydroxyl groups is 1. The van der Waals surface area contributed by atoms with Gasteiger partial charge in [-0.15, -0.1) is 0 Å². The van der Waals surface area contributed by atoms with E-state index in [0.29, 0.717) is 5.02 Å². The number of fused-ring (bicyclic) bond motifs is 1. The predicted octanol–water partition coefficient (Wildman–Crippen LogP) is 3.99. The molecule has 0 fully saturated rings. The first-order valence-electron chi connectivity index (χ1n) is 5.31. The van der Waals surface area contributed by atoms with Crippen LogP contribution < -0.4 is 0 Å². The standard InChI is InChI=1S/C14H10ClNO/c15-12-9-11(5-6-14(12)17)16-8-7-10-3-1-2-4-13(10)16/h1-9,17H. The van der Waals surface area contributed by atoms with Crippen molar-refractivity contribution in [1.82, 2.24) is 4.57 Å². The number of rotatable bonds is 1. The second-order valence-electron chi connectivity index (χ2n) is 3.88. The molecule has 0 atom stereocenters. The summed E-state index contributed by atoms with van der Waals surface area (Å²) in [6.07, 6.45) is 1.99. The van der Waals surface area contributed by atoms with Crippen molar-refractivity contribution >= 4 is 22.5 Å². The van der Waals surface area contributed by atoms with Crippen LogP contribution in [0.2, 0.25) is 5.02 Å². The molecule has 17 heavy (non-hydrogen) atoms. The Morgan fingerprint density at radius 1 is 1.00 bits per heavy atom. The number of hydrogen-bond acceptors (Lipinski definition) is 1. The molecule has 1 heterocycles. The van der Waals surface area contributed by atoms with Gasteiger partial charge in [0.05, 0.1) is 10.5 Å². The zero-order valence-electron chi connectivity index (χ0n) is 8.97. The van der Waals surface area contributed by atoms with Crippen LogP contribution in [0, 0.1) is 0 Å². The third kappa shape index (κ3) is 1.67. The number of aromatic nitrogens is 1. The maximum Gasteiger partial charge on any atom is 0.134 e. The van der Waals surface area contributed by atoms with E-state index >= 15 is 0 Å². The first-order chi connectivity index (χ1) is 8.25. The molecular weight excluding hydrogens is 234 g/mol. The number of benzene rings is 2. The number of hydrogen-bond donors (Lipinski definition) is 1. The summed E-state index contributed by atoms with van der Waals surface area (Å²) in [5.74, 6) is 0.104. The van der Waals surface area contributed by atoms with Crippen LogP contribution in [0.15, 0.2) is 54.7 Å². The summed E-state index contributed by atoms with van der Waals surface area (Å²) in [6.45, 7) is 0. The van der Waals surface area contributed by atoms with Crippen molar-refractivity contribution in [3.8, 4) is 11.4 Å². The molecule has 2 nitrogen and oxygen atoms in total. The Morgan fingerprint density at radius 3 is 2.65 bits per heavy atom. The van der Waals surface area contributed by atoms with E-state index in [1.165, 1.54) is 5.39 Å². The van der Waals surface area contributed by atoms with Crippen molar-refractivity contribution in [2.24, 2.45) is 0 Å². The highest BCUT2D eigenvalue weighted by atomic mass is 35.5. The molecule has 0 aliphatic heterocycles. The molecule has 0 unspecified atom stereocenters. The van der Waals surface area contributed by atoms with Crippen molar-refractivity contribution in [3.05, 3.63) is 59.8 Å². The van der Waals surface area contributed by atoms with Gasteiger partial charge in [-0.1, -0.05) is 29.8 Å². The Bertz CT molecular complexity index is 688. The summed E-state index contributed by atoms with van der Waals surface area (Å²) in [6, 6.07) is 15.4. The fourth-order valence-electron chi connectivity index (χ4n) is 1.95. The first kappa shape index (κ1) is 10.2. The SMILES string of the molecule is Oc1ccc(-n2ccc3ccccc32)cc1Cl. The van der Waals surface area contributed by atoms with Gasteiger partial charge in [0.2, 0.25) is 0 Å². The molecule has 84 valence electrons. The first-order valence-corrected chi connectivity index (χ1v) is 5.68. The van der Waals surface area contributed by atoms with Gasteiger partial charge in [0.1, 0.15) is 5.75 Å². The van der Waals surface area contributed by atoms with E-state index in [9.17, 15) is 5.11 Å². The van der Waals surface area contributed by atoms with Gasteiger partial charge >= 0.3 is 0 Å². The Hall–Kier alpha value is -1.93. The average Bonchev–Trinajstić information content (AvgIpc) is 2.76. The zero-order valence-corrected chi connectivity index (χ0v) is 9.72. The van der Waals surface area contributed by atoms with Crippen LogP contribution in [-0.4, -0.2) is 9.67 Å². The number of phenolic OH excluding ortho intramolecular Hbond substituents is 1. The van der Waals surface area contributed by atoms with E-state index in [1.807, 2.05) is 29.0 Å². The molecule has 3 aromatic rings. The third-order valence-electron chi connectivity index (χ3n) is 2.81. The predicted molar refractivity (Wildman–Crippen MR) is 69.9 cm³/mol. The average molecular weight is 244 g/mol. The van der Waals surface area contributed by atoms with Crippen molar-refractivity contribution in [3.63, 3.8) is 0 Å². The van der Waals surface area contributed by atoms with E-state index in [1.54, 1.807) is 12.1 Å². The Morgan fingerprint density at radius 2 is 1.82 bits per heavy atom. The summed E-state index contributed by atoms with van der Waals surface area (Å²) in [5.41, 5.74) is 2.06. The fourth-order valence-corrected chi connectivity index (χ4v) is 2.13. The maximum atomic E-state index is 9.41. The summed E-state index contributed by atoms with van der Waals surface area (Å²) in [5, 5.41) is 11.0. The van der Waals surface area contributed by atoms with Crippen LogP contribution in [0.25, 0.3) is 16.6 Å². The quantitative estimate of drug-likeness (QED) is 0.687. The van der Waals surface area contributed by atoms with E-state index < -0.39 is 0 Å². The minimum absolute atomic E-state index is 0.104. The monoisotopic (exact) mass is 243 g/mol. The molecule has 3 heteroatoms. The summed E-state index contributed by atoms with van der Waals surface area (Å²) < 4.78 is 2.04. The van der Waals surface area contributed by atoms with Crippen molar-refractivity contribution in [2.45, 2.75) is 0 Å². The van der Waals surface area contributed by atoms with Gasteiger partial charge in [-0.3, -0.25) is 0 Å². The molecule has 0 amide bonds. The lowest BCUT2D eigenvalue weighted by molar-refractivity contribution is 0.475. The topological polar surface area (TPSA) is 25.2 Å². The van der Waals surface area contributed by atoms with Crippen molar-refractivity contribution in [2.75, 3.05) is 0 Å². The summed E-state index contributed by atoms with van der Waals surface area (Å²) in [7, 11) is 0. The van der Waals surface area contributed by atoms with E-state index in [2.05, 4.69) is 18.2 Å². The number of phenols is 1. The molecule has 0 radical (unpaired) electrons. The van der Waals surface area contributed by atoms with Gasteiger partial charge in [0, 0.05) is 11.9 Å². The highest BCUT2D eigenvalue weighted by Crippen LogP contribution is 2.27. The van der Waals surface area contributed by atoms with Crippen LogP contribution >= 0.6 is 11.6 Å². The van der Waals surface area contributed by atoms with E-state index in [4.69, 9.17) is 11.6 Å². The molecule has 1 N–H and O–H groups in total. The largest absolute Gasteiger partial charge is 0.506 e. The minimum Gasteiger partial charge on any atom is -0.506 e. The highest BCUT2D eigenvalue weighted by Gasteiger charge is 2.04. The van der Waals surface area contributed by atoms with Crippen LogP contribution in [0.5, 0.6) is 5.75 Å². The fraction of sp³-hybridized carbons (Fsp3) is 0. The Kier molecular flexibility index (Phi) is 2.30. The molecule has 1 aromatic heterocycles. The van der Waals surface area contributed by atoms with E-state index in [0.717, 1.165) is 11.2 Å². The second-order valence-corrected chi connectivity index (χ2v) is 4.29. The molecule has 3 rings (SSSR count). The van der Waals surface area contributed by atoms with Crippen LogP contribution in [0.1, 0.15) is 0 Å². The van der Waals surface area contributed by atoms with Crippen molar-refractivity contribution in [1.29, 1.82) is 0 Å². The normalized spacial score (nSPS) is 10.9. The summed E-state index contributed by atoms with van der Waals surface area (Å²) in [4.78, 5) is 0. The molecule has 0 spiro atoms.